The quantitative estimate of drug-likeness (QED) is 0.714. The first-order valence-electron chi connectivity index (χ1n) is 9.82. The Morgan fingerprint density at radius 3 is 2.54 bits per heavy atom. The van der Waals surface area contributed by atoms with Crippen molar-refractivity contribution in [3.63, 3.8) is 0 Å². The topological polar surface area (TPSA) is 42.5 Å². The molecular formula is C18H30F4N2O2. The van der Waals surface area contributed by atoms with Crippen molar-refractivity contribution in [2.24, 2.45) is 11.8 Å². The van der Waals surface area contributed by atoms with E-state index >= 15 is 0 Å². The second-order valence-corrected chi connectivity index (χ2v) is 8.01. The van der Waals surface area contributed by atoms with Crippen LogP contribution in [0, 0.1) is 11.8 Å². The summed E-state index contributed by atoms with van der Waals surface area (Å²) in [5.74, 6) is -1.10. The van der Waals surface area contributed by atoms with Crippen LogP contribution in [0.25, 0.3) is 0 Å². The molecule has 0 aromatic heterocycles. The Morgan fingerprint density at radius 2 is 1.88 bits per heavy atom. The Kier molecular flexibility index (Phi) is 6.80. The van der Waals surface area contributed by atoms with E-state index < -0.39 is 30.5 Å². The van der Waals surface area contributed by atoms with Crippen LogP contribution in [0.15, 0.2) is 0 Å². The van der Waals surface area contributed by atoms with Crippen LogP contribution < -0.4 is 10.8 Å². The minimum Gasteiger partial charge on any atom is -0.371 e. The monoisotopic (exact) mass is 382 g/mol. The summed E-state index contributed by atoms with van der Waals surface area (Å²) in [4.78, 5) is 5.29. The molecule has 3 fully saturated rings. The average Bonchev–Trinajstić information content (AvgIpc) is 3.00. The third kappa shape index (κ3) is 5.09. The predicted molar refractivity (Wildman–Crippen MR) is 89.3 cm³/mol. The molecule has 2 aliphatic carbocycles. The van der Waals surface area contributed by atoms with E-state index in [9.17, 15) is 17.6 Å². The molecule has 0 spiro atoms. The van der Waals surface area contributed by atoms with E-state index in [4.69, 9.17) is 9.57 Å². The van der Waals surface area contributed by atoms with Gasteiger partial charge in [0, 0.05) is 25.0 Å². The number of hydrogen-bond donors (Lipinski definition) is 2. The lowest BCUT2D eigenvalue weighted by Crippen LogP contribution is -2.47. The zero-order chi connectivity index (χ0) is 18.7. The molecule has 26 heavy (non-hydrogen) atoms. The second kappa shape index (κ2) is 8.71. The minimum absolute atomic E-state index is 0.0439. The van der Waals surface area contributed by atoms with E-state index in [1.54, 1.807) is 0 Å². The van der Waals surface area contributed by atoms with Gasteiger partial charge in [0.05, 0.1) is 24.2 Å². The van der Waals surface area contributed by atoms with Gasteiger partial charge in [0.1, 0.15) is 6.17 Å². The van der Waals surface area contributed by atoms with Gasteiger partial charge in [0.15, 0.2) is 0 Å². The van der Waals surface area contributed by atoms with Crippen molar-refractivity contribution in [2.45, 2.75) is 88.6 Å². The van der Waals surface area contributed by atoms with Crippen LogP contribution in [0.5, 0.6) is 0 Å². The molecule has 0 bridgehead atoms. The predicted octanol–water partition coefficient (Wildman–Crippen LogP) is 3.51. The van der Waals surface area contributed by atoms with Gasteiger partial charge < -0.3 is 10.1 Å². The fourth-order valence-electron chi connectivity index (χ4n) is 4.39. The smallest absolute Gasteiger partial charge is 0.371 e. The molecular weight excluding hydrogens is 352 g/mol. The number of ether oxygens (including phenoxy) is 1. The highest BCUT2D eigenvalue weighted by Gasteiger charge is 2.47. The lowest BCUT2D eigenvalue weighted by molar-refractivity contribution is -0.228. The molecule has 2 N–H and O–H groups in total. The summed E-state index contributed by atoms with van der Waals surface area (Å²) in [6, 6.07) is 0.0439. The zero-order valence-electron chi connectivity index (χ0n) is 15.2. The van der Waals surface area contributed by atoms with E-state index in [0.29, 0.717) is 31.6 Å². The van der Waals surface area contributed by atoms with Gasteiger partial charge in [-0.3, -0.25) is 4.84 Å². The molecule has 4 nitrogen and oxygen atoms in total. The van der Waals surface area contributed by atoms with Crippen LogP contribution in [-0.2, 0) is 9.57 Å². The zero-order valence-corrected chi connectivity index (χ0v) is 15.2. The third-order valence-corrected chi connectivity index (χ3v) is 6.13. The second-order valence-electron chi connectivity index (χ2n) is 8.01. The van der Waals surface area contributed by atoms with Crippen LogP contribution in [0.1, 0.15) is 51.9 Å². The molecule has 7 unspecified atom stereocenters. The Labute approximate surface area is 152 Å². The first-order valence-corrected chi connectivity index (χ1v) is 9.82. The fourth-order valence-corrected chi connectivity index (χ4v) is 4.39. The Bertz CT molecular complexity index is 451. The van der Waals surface area contributed by atoms with Crippen LogP contribution in [0.4, 0.5) is 17.6 Å². The Morgan fingerprint density at radius 1 is 1.12 bits per heavy atom. The Hall–Kier alpha value is -0.440. The summed E-state index contributed by atoms with van der Waals surface area (Å²) in [7, 11) is 0. The molecule has 3 aliphatic rings. The SMILES string of the molecule is CC1ONCC1CNC1CCC(OC2CCCCC2C(F)(F)F)C(F)C1. The highest BCUT2D eigenvalue weighted by Crippen LogP contribution is 2.40. The van der Waals surface area contributed by atoms with Crippen molar-refractivity contribution in [3.8, 4) is 0 Å². The molecule has 0 aromatic carbocycles. The molecule has 152 valence electrons. The summed E-state index contributed by atoms with van der Waals surface area (Å²) in [5, 5.41) is 3.39. The van der Waals surface area contributed by atoms with Crippen LogP contribution in [0.2, 0.25) is 0 Å². The molecule has 8 heteroatoms. The lowest BCUT2D eigenvalue weighted by atomic mass is 9.85. The highest BCUT2D eigenvalue weighted by molar-refractivity contribution is 4.89. The van der Waals surface area contributed by atoms with E-state index in [1.165, 1.54) is 0 Å². The fraction of sp³-hybridized carbons (Fsp3) is 1.00. The first-order chi connectivity index (χ1) is 12.3. The average molecular weight is 382 g/mol. The third-order valence-electron chi connectivity index (χ3n) is 6.13. The van der Waals surface area contributed by atoms with Crippen molar-refractivity contribution < 1.29 is 27.1 Å². The van der Waals surface area contributed by atoms with Gasteiger partial charge in [0.25, 0.3) is 0 Å². The number of hydrogen-bond acceptors (Lipinski definition) is 4. The summed E-state index contributed by atoms with van der Waals surface area (Å²) in [6.45, 7) is 3.51. The van der Waals surface area contributed by atoms with Gasteiger partial charge >= 0.3 is 6.18 Å². The van der Waals surface area contributed by atoms with Crippen LogP contribution in [-0.4, -0.2) is 49.8 Å². The number of nitrogens with one attached hydrogen (secondary N) is 2. The molecule has 0 aromatic rings. The van der Waals surface area contributed by atoms with Crippen LogP contribution in [0.3, 0.4) is 0 Å². The summed E-state index contributed by atoms with van der Waals surface area (Å²) < 4.78 is 59.8. The van der Waals surface area contributed by atoms with Crippen molar-refractivity contribution in [2.75, 3.05) is 13.1 Å². The molecule has 0 amide bonds. The molecule has 1 aliphatic heterocycles. The van der Waals surface area contributed by atoms with Crippen molar-refractivity contribution >= 4 is 0 Å². The molecule has 7 atom stereocenters. The van der Waals surface area contributed by atoms with Gasteiger partial charge in [-0.05, 0) is 39.0 Å². The molecule has 1 heterocycles. The molecule has 0 radical (unpaired) electrons. The van der Waals surface area contributed by atoms with E-state index in [0.717, 1.165) is 25.9 Å². The number of hydroxylamine groups is 1. The van der Waals surface area contributed by atoms with Gasteiger partial charge in [-0.25, -0.2) is 9.87 Å². The van der Waals surface area contributed by atoms with Crippen LogP contribution >= 0.6 is 0 Å². The van der Waals surface area contributed by atoms with Crippen molar-refractivity contribution in [1.82, 2.24) is 10.8 Å². The van der Waals surface area contributed by atoms with Gasteiger partial charge in [-0.1, -0.05) is 12.8 Å². The Balaban J connectivity index is 1.46. The van der Waals surface area contributed by atoms with Gasteiger partial charge in [0.2, 0.25) is 0 Å². The van der Waals surface area contributed by atoms with Gasteiger partial charge in [-0.15, -0.1) is 0 Å². The normalized spacial score (nSPS) is 42.1. The number of alkyl halides is 4. The van der Waals surface area contributed by atoms with E-state index in [-0.39, 0.29) is 18.6 Å². The van der Waals surface area contributed by atoms with Crippen molar-refractivity contribution in [1.29, 1.82) is 0 Å². The van der Waals surface area contributed by atoms with E-state index in [1.807, 2.05) is 6.92 Å². The standard InChI is InChI=1S/C18H30F4N2O2/c1-11-12(10-24-26-11)9-23-13-6-7-17(15(19)8-13)25-16-5-3-2-4-14(16)18(20,21)22/h11-17,23-24H,2-10H2,1H3. The van der Waals surface area contributed by atoms with Gasteiger partial charge in [-0.2, -0.15) is 13.2 Å². The maximum absolute atomic E-state index is 14.6. The summed E-state index contributed by atoms with van der Waals surface area (Å²) >= 11 is 0. The largest absolute Gasteiger partial charge is 0.394 e. The number of rotatable bonds is 5. The van der Waals surface area contributed by atoms with Crippen molar-refractivity contribution in [3.05, 3.63) is 0 Å². The summed E-state index contributed by atoms with van der Waals surface area (Å²) in [6.07, 6.45) is -3.71. The van der Waals surface area contributed by atoms with E-state index in [2.05, 4.69) is 10.8 Å². The molecule has 2 saturated carbocycles. The molecule has 3 rings (SSSR count). The first kappa shape index (κ1) is 20.3. The molecule has 1 saturated heterocycles. The highest BCUT2D eigenvalue weighted by atomic mass is 19.4. The summed E-state index contributed by atoms with van der Waals surface area (Å²) in [5.41, 5.74) is 2.86. The minimum atomic E-state index is -4.26. The maximum atomic E-state index is 14.6. The maximum Gasteiger partial charge on any atom is 0.394 e. The number of halogens is 4. The lowest BCUT2D eigenvalue weighted by Gasteiger charge is -2.39.